The maximum atomic E-state index is 5.30. The maximum absolute atomic E-state index is 5.30. The lowest BCUT2D eigenvalue weighted by molar-refractivity contribution is 0.360. The Morgan fingerprint density at radius 1 is 1.19 bits per heavy atom. The van der Waals surface area contributed by atoms with Crippen LogP contribution in [-0.4, -0.2) is 29.2 Å². The third-order valence-electron chi connectivity index (χ3n) is 4.17. The van der Waals surface area contributed by atoms with Gasteiger partial charge in [-0.25, -0.2) is 9.97 Å². The Labute approximate surface area is 151 Å². The summed E-state index contributed by atoms with van der Waals surface area (Å²) in [5, 5.41) is 4.07. The molecule has 7 heteroatoms. The van der Waals surface area contributed by atoms with Gasteiger partial charge in [-0.2, -0.15) is 4.98 Å². The molecule has 3 heterocycles. The fourth-order valence-electron chi connectivity index (χ4n) is 2.92. The zero-order valence-corrected chi connectivity index (χ0v) is 14.8. The van der Waals surface area contributed by atoms with Crippen LogP contribution >= 0.6 is 0 Å². The zero-order chi connectivity index (χ0) is 18.1. The highest BCUT2D eigenvalue weighted by Crippen LogP contribution is 2.24. The second kappa shape index (κ2) is 6.59. The Kier molecular flexibility index (Phi) is 4.12. The summed E-state index contributed by atoms with van der Waals surface area (Å²) in [7, 11) is 0. The van der Waals surface area contributed by atoms with Crippen molar-refractivity contribution in [2.75, 3.05) is 0 Å². The van der Waals surface area contributed by atoms with Crippen LogP contribution in [0, 0.1) is 0 Å². The largest absolute Gasteiger partial charge is 0.339 e. The zero-order valence-electron chi connectivity index (χ0n) is 14.8. The van der Waals surface area contributed by atoms with Gasteiger partial charge in [-0.15, -0.1) is 6.58 Å². The van der Waals surface area contributed by atoms with Gasteiger partial charge in [0.05, 0.1) is 17.6 Å². The van der Waals surface area contributed by atoms with Gasteiger partial charge in [-0.05, 0) is 12.1 Å². The number of aromatic nitrogens is 6. The molecule has 0 saturated carbocycles. The third kappa shape index (κ3) is 2.81. The molecule has 132 valence electrons. The quantitative estimate of drug-likeness (QED) is 0.497. The predicted octanol–water partition coefficient (Wildman–Crippen LogP) is 3.64. The van der Waals surface area contributed by atoms with Crippen molar-refractivity contribution in [2.45, 2.75) is 32.9 Å². The van der Waals surface area contributed by atoms with Crippen LogP contribution in [-0.2, 0) is 13.1 Å². The molecule has 0 aliphatic carbocycles. The summed E-state index contributed by atoms with van der Waals surface area (Å²) in [6, 6.07) is 8.04. The predicted molar refractivity (Wildman–Crippen MR) is 98.6 cm³/mol. The van der Waals surface area contributed by atoms with Crippen molar-refractivity contribution in [3.05, 3.63) is 61.0 Å². The highest BCUT2D eigenvalue weighted by molar-refractivity contribution is 5.79. The number of nitrogens with zero attached hydrogens (tertiary/aromatic N) is 6. The number of fused-ring (bicyclic) bond motifs is 1. The van der Waals surface area contributed by atoms with Crippen LogP contribution in [0.2, 0.25) is 0 Å². The Balaban J connectivity index is 1.75. The molecule has 0 bridgehead atoms. The second-order valence-electron chi connectivity index (χ2n) is 6.41. The molecule has 0 amide bonds. The van der Waals surface area contributed by atoms with Crippen molar-refractivity contribution in [1.29, 1.82) is 0 Å². The molecular formula is C19H20N6O. The Morgan fingerprint density at radius 3 is 2.81 bits per heavy atom. The van der Waals surface area contributed by atoms with Gasteiger partial charge < -0.3 is 13.7 Å². The van der Waals surface area contributed by atoms with Gasteiger partial charge in [0.2, 0.25) is 5.89 Å². The lowest BCUT2D eigenvalue weighted by Gasteiger charge is -2.08. The lowest BCUT2D eigenvalue weighted by atomic mass is 10.2. The molecule has 0 aliphatic heterocycles. The minimum atomic E-state index is 0.204. The second-order valence-corrected chi connectivity index (χ2v) is 6.41. The van der Waals surface area contributed by atoms with Gasteiger partial charge in [0.25, 0.3) is 0 Å². The van der Waals surface area contributed by atoms with E-state index in [1.165, 1.54) is 0 Å². The van der Waals surface area contributed by atoms with Crippen molar-refractivity contribution in [3.63, 3.8) is 0 Å². The molecule has 0 spiro atoms. The van der Waals surface area contributed by atoms with E-state index in [-0.39, 0.29) is 5.92 Å². The van der Waals surface area contributed by atoms with Crippen LogP contribution in [0.15, 0.2) is 53.8 Å². The van der Waals surface area contributed by atoms with Crippen LogP contribution in [0.4, 0.5) is 0 Å². The Morgan fingerprint density at radius 2 is 2.04 bits per heavy atom. The van der Waals surface area contributed by atoms with E-state index in [1.54, 1.807) is 6.20 Å². The van der Waals surface area contributed by atoms with Gasteiger partial charge in [0.15, 0.2) is 17.5 Å². The number of hydrogen-bond donors (Lipinski definition) is 0. The molecule has 3 aromatic heterocycles. The van der Waals surface area contributed by atoms with Crippen molar-refractivity contribution in [1.82, 2.24) is 29.2 Å². The van der Waals surface area contributed by atoms with Gasteiger partial charge in [0, 0.05) is 24.9 Å². The average Bonchev–Trinajstić information content (AvgIpc) is 3.35. The normalized spacial score (nSPS) is 11.5. The number of hydrogen-bond acceptors (Lipinski definition) is 5. The van der Waals surface area contributed by atoms with Crippen molar-refractivity contribution < 1.29 is 4.52 Å². The number of para-hydroxylation sites is 2. The summed E-state index contributed by atoms with van der Waals surface area (Å²) in [5.74, 6) is 3.03. The smallest absolute Gasteiger partial charge is 0.229 e. The van der Waals surface area contributed by atoms with E-state index in [0.29, 0.717) is 24.8 Å². The van der Waals surface area contributed by atoms with Gasteiger partial charge in [0.1, 0.15) is 0 Å². The van der Waals surface area contributed by atoms with Crippen molar-refractivity contribution in [3.8, 4) is 11.6 Å². The summed E-state index contributed by atoms with van der Waals surface area (Å²) in [5.41, 5.74) is 1.99. The molecule has 26 heavy (non-hydrogen) atoms. The first kappa shape index (κ1) is 16.3. The molecule has 1 aromatic carbocycles. The molecule has 0 fully saturated rings. The number of imidazole rings is 2. The lowest BCUT2D eigenvalue weighted by Crippen LogP contribution is -2.07. The van der Waals surface area contributed by atoms with E-state index in [1.807, 2.05) is 48.9 Å². The molecule has 0 radical (unpaired) electrons. The summed E-state index contributed by atoms with van der Waals surface area (Å²) < 4.78 is 9.39. The maximum Gasteiger partial charge on any atom is 0.229 e. The summed E-state index contributed by atoms with van der Waals surface area (Å²) in [4.78, 5) is 13.8. The molecule has 0 atom stereocenters. The van der Waals surface area contributed by atoms with E-state index < -0.39 is 0 Å². The minimum absolute atomic E-state index is 0.204. The SMILES string of the molecule is C=CCn1c(-c2nccn2Cc2noc(C(C)C)n2)nc2ccccc21. The van der Waals surface area contributed by atoms with Crippen LogP contribution in [0.5, 0.6) is 0 Å². The van der Waals surface area contributed by atoms with Gasteiger partial charge >= 0.3 is 0 Å². The standard InChI is InChI=1S/C19H20N6O/c1-4-10-25-15-8-6-5-7-14(15)21-18(25)17-20-9-11-24(17)12-16-22-19(13(2)3)26-23-16/h4-9,11,13H,1,10,12H2,2-3H3. The van der Waals surface area contributed by atoms with Crippen molar-refractivity contribution in [2.24, 2.45) is 0 Å². The van der Waals surface area contributed by atoms with Crippen molar-refractivity contribution >= 4 is 11.0 Å². The van der Waals surface area contributed by atoms with Crippen LogP contribution in [0.1, 0.15) is 31.5 Å². The molecule has 0 unspecified atom stereocenters. The number of allylic oxidation sites excluding steroid dienone is 1. The Hall–Kier alpha value is -3.22. The minimum Gasteiger partial charge on any atom is -0.339 e. The van der Waals surface area contributed by atoms with E-state index in [0.717, 1.165) is 22.7 Å². The average molecular weight is 348 g/mol. The summed E-state index contributed by atoms with van der Waals surface area (Å²) in [6.07, 6.45) is 5.52. The number of benzene rings is 1. The van der Waals surface area contributed by atoms with E-state index >= 15 is 0 Å². The monoisotopic (exact) mass is 348 g/mol. The molecule has 0 saturated heterocycles. The van der Waals surface area contributed by atoms with Crippen LogP contribution in [0.3, 0.4) is 0 Å². The summed E-state index contributed by atoms with van der Waals surface area (Å²) in [6.45, 7) is 9.05. The molecule has 0 N–H and O–H groups in total. The molecule has 7 nitrogen and oxygen atoms in total. The number of rotatable bonds is 6. The topological polar surface area (TPSA) is 74.6 Å². The van der Waals surface area contributed by atoms with Gasteiger partial charge in [-0.1, -0.05) is 37.2 Å². The third-order valence-corrected chi connectivity index (χ3v) is 4.17. The molecule has 4 aromatic rings. The van der Waals surface area contributed by atoms with E-state index in [4.69, 9.17) is 9.51 Å². The van der Waals surface area contributed by atoms with E-state index in [2.05, 4.69) is 32.3 Å². The molecular weight excluding hydrogens is 328 g/mol. The highest BCUT2D eigenvalue weighted by atomic mass is 16.5. The fourth-order valence-corrected chi connectivity index (χ4v) is 2.92. The van der Waals surface area contributed by atoms with Crippen LogP contribution in [0.25, 0.3) is 22.7 Å². The fraction of sp³-hybridized carbons (Fsp3) is 0.263. The molecule has 0 aliphatic rings. The highest BCUT2D eigenvalue weighted by Gasteiger charge is 2.18. The first-order valence-corrected chi connectivity index (χ1v) is 8.57. The first-order valence-electron chi connectivity index (χ1n) is 8.57. The molecule has 4 rings (SSSR count). The first-order chi connectivity index (χ1) is 12.7. The van der Waals surface area contributed by atoms with Gasteiger partial charge in [-0.3, -0.25) is 0 Å². The van der Waals surface area contributed by atoms with E-state index in [9.17, 15) is 0 Å². The Bertz CT molecular complexity index is 1060. The summed E-state index contributed by atoms with van der Waals surface area (Å²) >= 11 is 0. The van der Waals surface area contributed by atoms with Crippen LogP contribution < -0.4 is 0 Å².